The number of nitrogens with one attached hydrogen (secondary N) is 1. The van der Waals surface area contributed by atoms with Gasteiger partial charge in [-0.25, -0.2) is 9.97 Å². The van der Waals surface area contributed by atoms with Gasteiger partial charge in [0.1, 0.15) is 5.69 Å². The lowest BCUT2D eigenvalue weighted by Gasteiger charge is -2.11. The summed E-state index contributed by atoms with van der Waals surface area (Å²) < 4.78 is 38.2. The van der Waals surface area contributed by atoms with Crippen LogP contribution in [0.4, 0.5) is 24.8 Å². The highest BCUT2D eigenvalue weighted by Crippen LogP contribution is 2.29. The van der Waals surface area contributed by atoms with Crippen LogP contribution in [0.2, 0.25) is 0 Å². The van der Waals surface area contributed by atoms with Gasteiger partial charge in [-0.05, 0) is 42.3 Å². The van der Waals surface area contributed by atoms with Crippen LogP contribution in [0.5, 0.6) is 0 Å². The summed E-state index contributed by atoms with van der Waals surface area (Å²) in [4.78, 5) is 7.34. The molecule has 2 aromatic heterocycles. The van der Waals surface area contributed by atoms with E-state index in [2.05, 4.69) is 25.5 Å². The molecule has 0 unspecified atom stereocenters. The maximum absolute atomic E-state index is 12.7. The van der Waals surface area contributed by atoms with Crippen molar-refractivity contribution < 1.29 is 13.2 Å². The van der Waals surface area contributed by atoms with E-state index in [1.807, 2.05) is 13.0 Å². The number of anilines is 2. The summed E-state index contributed by atoms with van der Waals surface area (Å²) >= 11 is 0. The van der Waals surface area contributed by atoms with Crippen molar-refractivity contribution in [3.05, 3.63) is 60.2 Å². The van der Waals surface area contributed by atoms with Crippen LogP contribution in [0.25, 0.3) is 11.1 Å². The average Bonchev–Trinajstić information content (AvgIpc) is 2.54. The van der Waals surface area contributed by atoms with E-state index in [0.717, 1.165) is 29.0 Å². The van der Waals surface area contributed by atoms with E-state index < -0.39 is 11.9 Å². The third kappa shape index (κ3) is 3.65. The molecule has 8 heteroatoms. The first-order valence-electron chi connectivity index (χ1n) is 6.98. The zero-order valence-corrected chi connectivity index (χ0v) is 12.5. The molecule has 2 heterocycles. The number of hydrogen-bond donors (Lipinski definition) is 1. The van der Waals surface area contributed by atoms with Gasteiger partial charge in [0.15, 0.2) is 0 Å². The first-order valence-corrected chi connectivity index (χ1v) is 6.98. The summed E-state index contributed by atoms with van der Waals surface area (Å²) in [5.74, 6) is -0.116. The Morgan fingerprint density at radius 3 is 2.50 bits per heavy atom. The maximum Gasteiger partial charge on any atom is 0.433 e. The molecule has 3 rings (SSSR count). The lowest BCUT2D eigenvalue weighted by molar-refractivity contribution is -0.141. The number of nitrogens with zero attached hydrogens (tertiary/aromatic N) is 4. The van der Waals surface area contributed by atoms with Crippen LogP contribution in [0.1, 0.15) is 11.3 Å². The van der Waals surface area contributed by atoms with Gasteiger partial charge in [0.25, 0.3) is 0 Å². The Morgan fingerprint density at radius 1 is 0.958 bits per heavy atom. The number of rotatable bonds is 3. The summed E-state index contributed by atoms with van der Waals surface area (Å²) in [5, 5.41) is 10.4. The number of aryl methyl sites for hydroxylation is 1. The van der Waals surface area contributed by atoms with Crippen molar-refractivity contribution in [2.75, 3.05) is 5.32 Å². The van der Waals surface area contributed by atoms with Crippen LogP contribution in [-0.2, 0) is 6.18 Å². The smallest absolute Gasteiger partial charge is 0.324 e. The van der Waals surface area contributed by atoms with Gasteiger partial charge >= 0.3 is 6.18 Å². The summed E-state index contributed by atoms with van der Waals surface area (Å²) in [6.45, 7) is 1.89. The molecule has 1 N–H and O–H groups in total. The van der Waals surface area contributed by atoms with Crippen LogP contribution in [0.15, 0.2) is 48.9 Å². The molecular formula is C16H12F3N5. The second kappa shape index (κ2) is 6.23. The molecule has 0 radical (unpaired) electrons. The Bertz CT molecular complexity index is 850. The Morgan fingerprint density at radius 2 is 1.79 bits per heavy atom. The Labute approximate surface area is 135 Å². The third-order valence-corrected chi connectivity index (χ3v) is 3.20. The van der Waals surface area contributed by atoms with Crippen molar-refractivity contribution in [3.63, 3.8) is 0 Å². The number of benzene rings is 1. The standard InChI is InChI=1S/C16H12F3N5/c1-10-6-12(11-2-5-21-22-9-11)8-13(7-10)23-15-20-4-3-14(24-15)16(17,18)19/h2-9H,1H3,(H,20,23,24). The minimum absolute atomic E-state index is 0.116. The molecule has 0 saturated carbocycles. The molecule has 0 bridgehead atoms. The number of aromatic nitrogens is 4. The van der Waals surface area contributed by atoms with E-state index in [9.17, 15) is 13.2 Å². The van der Waals surface area contributed by atoms with Gasteiger partial charge in [0, 0.05) is 17.4 Å². The topological polar surface area (TPSA) is 63.6 Å². The molecule has 0 atom stereocenters. The zero-order valence-electron chi connectivity index (χ0n) is 12.5. The molecule has 0 aliphatic heterocycles. The van der Waals surface area contributed by atoms with Crippen molar-refractivity contribution in [3.8, 4) is 11.1 Å². The Kier molecular flexibility index (Phi) is 4.11. The number of halogens is 3. The van der Waals surface area contributed by atoms with Gasteiger partial charge in [-0.3, -0.25) is 0 Å². The molecule has 0 aliphatic rings. The van der Waals surface area contributed by atoms with Crippen LogP contribution in [0, 0.1) is 6.92 Å². The second-order valence-corrected chi connectivity index (χ2v) is 5.11. The van der Waals surface area contributed by atoms with Gasteiger partial charge in [-0.2, -0.15) is 23.4 Å². The lowest BCUT2D eigenvalue weighted by Crippen LogP contribution is -2.10. The molecular weight excluding hydrogens is 319 g/mol. The molecule has 24 heavy (non-hydrogen) atoms. The largest absolute Gasteiger partial charge is 0.433 e. The second-order valence-electron chi connectivity index (χ2n) is 5.11. The van der Waals surface area contributed by atoms with Gasteiger partial charge in [0.2, 0.25) is 5.95 Å². The highest BCUT2D eigenvalue weighted by Gasteiger charge is 2.32. The van der Waals surface area contributed by atoms with Crippen molar-refractivity contribution in [2.24, 2.45) is 0 Å². The summed E-state index contributed by atoms with van der Waals surface area (Å²) in [6, 6.07) is 8.15. The molecule has 122 valence electrons. The molecule has 0 aliphatic carbocycles. The normalized spacial score (nSPS) is 11.3. The van der Waals surface area contributed by atoms with Crippen molar-refractivity contribution in [1.29, 1.82) is 0 Å². The summed E-state index contributed by atoms with van der Waals surface area (Å²) in [5.41, 5.74) is 2.23. The third-order valence-electron chi connectivity index (χ3n) is 3.20. The molecule has 0 fully saturated rings. The van der Waals surface area contributed by atoms with Gasteiger partial charge in [-0.15, -0.1) is 0 Å². The van der Waals surface area contributed by atoms with E-state index >= 15 is 0 Å². The molecule has 0 amide bonds. The fourth-order valence-corrected chi connectivity index (χ4v) is 2.19. The summed E-state index contributed by atoms with van der Waals surface area (Å²) in [7, 11) is 0. The van der Waals surface area contributed by atoms with Crippen LogP contribution in [-0.4, -0.2) is 20.2 Å². The first kappa shape index (κ1) is 15.9. The molecule has 5 nitrogen and oxygen atoms in total. The fraction of sp³-hybridized carbons (Fsp3) is 0.125. The quantitative estimate of drug-likeness (QED) is 0.786. The molecule has 3 aromatic rings. The van der Waals surface area contributed by atoms with E-state index in [1.54, 1.807) is 30.6 Å². The van der Waals surface area contributed by atoms with Crippen molar-refractivity contribution >= 4 is 11.6 Å². The first-order chi connectivity index (χ1) is 11.4. The SMILES string of the molecule is Cc1cc(Nc2nccc(C(F)(F)F)n2)cc(-c2ccnnc2)c1. The number of alkyl halides is 3. The Balaban J connectivity index is 1.92. The van der Waals surface area contributed by atoms with Crippen LogP contribution in [0.3, 0.4) is 0 Å². The van der Waals surface area contributed by atoms with Crippen molar-refractivity contribution in [2.45, 2.75) is 13.1 Å². The molecule has 0 saturated heterocycles. The van der Waals surface area contributed by atoms with Crippen LogP contribution < -0.4 is 5.32 Å². The minimum atomic E-state index is -4.51. The van der Waals surface area contributed by atoms with E-state index in [4.69, 9.17) is 0 Å². The zero-order chi connectivity index (χ0) is 17.2. The molecule has 0 spiro atoms. The highest BCUT2D eigenvalue weighted by molar-refractivity contribution is 5.70. The minimum Gasteiger partial charge on any atom is -0.324 e. The monoisotopic (exact) mass is 331 g/mol. The highest BCUT2D eigenvalue weighted by atomic mass is 19.4. The predicted molar refractivity (Wildman–Crippen MR) is 82.5 cm³/mol. The van der Waals surface area contributed by atoms with Crippen molar-refractivity contribution in [1.82, 2.24) is 20.2 Å². The Hall–Kier alpha value is -3.03. The molecule has 1 aromatic carbocycles. The number of hydrogen-bond acceptors (Lipinski definition) is 5. The summed E-state index contributed by atoms with van der Waals surface area (Å²) in [6.07, 6.45) is -0.262. The van der Waals surface area contributed by atoms with Gasteiger partial charge in [-0.1, -0.05) is 6.07 Å². The van der Waals surface area contributed by atoms with E-state index in [1.165, 1.54) is 0 Å². The van der Waals surface area contributed by atoms with Gasteiger partial charge < -0.3 is 5.32 Å². The van der Waals surface area contributed by atoms with E-state index in [-0.39, 0.29) is 5.95 Å². The lowest BCUT2D eigenvalue weighted by atomic mass is 10.0. The average molecular weight is 331 g/mol. The fourth-order valence-electron chi connectivity index (χ4n) is 2.19. The van der Waals surface area contributed by atoms with Gasteiger partial charge in [0.05, 0.1) is 12.4 Å². The maximum atomic E-state index is 12.7. The predicted octanol–water partition coefficient (Wildman–Crippen LogP) is 4.00. The van der Waals surface area contributed by atoms with Crippen LogP contribution >= 0.6 is 0 Å². The van der Waals surface area contributed by atoms with E-state index in [0.29, 0.717) is 5.69 Å².